The van der Waals surface area contributed by atoms with E-state index in [1.807, 2.05) is 18.7 Å². The van der Waals surface area contributed by atoms with Gasteiger partial charge in [-0.15, -0.1) is 0 Å². The predicted octanol–water partition coefficient (Wildman–Crippen LogP) is 2.37. The molecule has 86 valence electrons. The maximum Gasteiger partial charge on any atom is 0.142 e. The number of rotatable bonds is 2. The number of thioether (sulfide) groups is 1. The van der Waals surface area contributed by atoms with E-state index in [4.69, 9.17) is 4.74 Å². The Morgan fingerprint density at radius 1 is 1.27 bits per heavy atom. The van der Waals surface area contributed by atoms with E-state index in [1.165, 1.54) is 0 Å². The third-order valence-electron chi connectivity index (χ3n) is 3.90. The monoisotopic (exact) mass is 228 g/mol. The van der Waals surface area contributed by atoms with Crippen LogP contribution in [-0.4, -0.2) is 29.5 Å². The number of ketones is 1. The van der Waals surface area contributed by atoms with Gasteiger partial charge < -0.3 is 4.74 Å². The van der Waals surface area contributed by atoms with Gasteiger partial charge in [0.25, 0.3) is 0 Å². The third-order valence-corrected chi connectivity index (χ3v) is 5.06. The lowest BCUT2D eigenvalue weighted by molar-refractivity contribution is -0.128. The third kappa shape index (κ3) is 2.09. The molecule has 2 rings (SSSR count). The van der Waals surface area contributed by atoms with Crippen LogP contribution in [0.4, 0.5) is 0 Å². The lowest BCUT2D eigenvalue weighted by Gasteiger charge is -2.20. The zero-order valence-corrected chi connectivity index (χ0v) is 10.5. The molecule has 5 unspecified atom stereocenters. The molecule has 2 aliphatic rings. The summed E-state index contributed by atoms with van der Waals surface area (Å²) in [6.45, 7) is 6.28. The SMILES string of the molecule is CC1OC(C)C(C(=O)C2CCSC2)C1C. The molecule has 0 aromatic heterocycles. The molecule has 3 heteroatoms. The highest BCUT2D eigenvalue weighted by atomic mass is 32.2. The Morgan fingerprint density at radius 2 is 2.00 bits per heavy atom. The van der Waals surface area contributed by atoms with Gasteiger partial charge in [0.2, 0.25) is 0 Å². The molecule has 0 aromatic rings. The second kappa shape index (κ2) is 4.46. The molecule has 2 saturated heterocycles. The largest absolute Gasteiger partial charge is 0.375 e. The molecular weight excluding hydrogens is 208 g/mol. The summed E-state index contributed by atoms with van der Waals surface area (Å²) in [6.07, 6.45) is 1.43. The van der Waals surface area contributed by atoms with Crippen molar-refractivity contribution >= 4 is 17.5 Å². The van der Waals surface area contributed by atoms with Crippen LogP contribution in [0, 0.1) is 17.8 Å². The Kier molecular flexibility index (Phi) is 3.41. The summed E-state index contributed by atoms with van der Waals surface area (Å²) >= 11 is 1.91. The average molecular weight is 228 g/mol. The van der Waals surface area contributed by atoms with Crippen LogP contribution in [0.5, 0.6) is 0 Å². The van der Waals surface area contributed by atoms with Crippen molar-refractivity contribution in [1.29, 1.82) is 0 Å². The van der Waals surface area contributed by atoms with Gasteiger partial charge in [0.05, 0.1) is 12.2 Å². The van der Waals surface area contributed by atoms with Gasteiger partial charge in [-0.3, -0.25) is 4.79 Å². The first-order valence-corrected chi connectivity index (χ1v) is 7.03. The van der Waals surface area contributed by atoms with Gasteiger partial charge >= 0.3 is 0 Å². The van der Waals surface area contributed by atoms with Crippen LogP contribution in [0.15, 0.2) is 0 Å². The molecule has 0 radical (unpaired) electrons. The topological polar surface area (TPSA) is 26.3 Å². The molecule has 0 N–H and O–H groups in total. The molecule has 0 spiro atoms. The van der Waals surface area contributed by atoms with Gasteiger partial charge in [0.1, 0.15) is 5.78 Å². The molecule has 2 nitrogen and oxygen atoms in total. The average Bonchev–Trinajstić information content (AvgIpc) is 2.76. The van der Waals surface area contributed by atoms with E-state index in [2.05, 4.69) is 13.8 Å². The number of carbonyl (C=O) groups is 1. The minimum atomic E-state index is 0.119. The van der Waals surface area contributed by atoms with Crippen LogP contribution in [0.1, 0.15) is 27.2 Å². The van der Waals surface area contributed by atoms with Crippen LogP contribution >= 0.6 is 11.8 Å². The summed E-state index contributed by atoms with van der Waals surface area (Å²) in [4.78, 5) is 12.3. The van der Waals surface area contributed by atoms with Crippen molar-refractivity contribution in [1.82, 2.24) is 0 Å². The molecule has 2 fully saturated rings. The molecule has 0 aliphatic carbocycles. The lowest BCUT2D eigenvalue weighted by atomic mass is 9.81. The molecule has 0 bridgehead atoms. The number of carbonyl (C=O) groups excluding carboxylic acids is 1. The highest BCUT2D eigenvalue weighted by Gasteiger charge is 2.43. The Morgan fingerprint density at radius 3 is 2.47 bits per heavy atom. The highest BCUT2D eigenvalue weighted by molar-refractivity contribution is 7.99. The maximum absolute atomic E-state index is 12.3. The van der Waals surface area contributed by atoms with E-state index in [0.717, 1.165) is 17.9 Å². The molecule has 15 heavy (non-hydrogen) atoms. The smallest absolute Gasteiger partial charge is 0.142 e. The fraction of sp³-hybridized carbons (Fsp3) is 0.917. The number of hydrogen-bond donors (Lipinski definition) is 0. The Hall–Kier alpha value is -0.0200. The molecule has 0 aromatic carbocycles. The van der Waals surface area contributed by atoms with Crippen molar-refractivity contribution in [2.24, 2.45) is 17.8 Å². The van der Waals surface area contributed by atoms with E-state index in [0.29, 0.717) is 17.6 Å². The Bertz CT molecular complexity index is 248. The van der Waals surface area contributed by atoms with Crippen LogP contribution < -0.4 is 0 Å². The first-order chi connectivity index (χ1) is 7.11. The van der Waals surface area contributed by atoms with Crippen LogP contribution in [0.3, 0.4) is 0 Å². The fourth-order valence-corrected chi connectivity index (χ4v) is 4.02. The van der Waals surface area contributed by atoms with Crippen molar-refractivity contribution < 1.29 is 9.53 Å². The fourth-order valence-electron chi connectivity index (χ4n) is 2.79. The van der Waals surface area contributed by atoms with Gasteiger partial charge in [-0.1, -0.05) is 6.92 Å². The molecule has 2 heterocycles. The zero-order chi connectivity index (χ0) is 11.0. The standard InChI is InChI=1S/C12H20O2S/c1-7-8(2)14-9(3)11(7)12(13)10-4-5-15-6-10/h7-11H,4-6H2,1-3H3. The van der Waals surface area contributed by atoms with E-state index in [1.54, 1.807) is 0 Å². The summed E-state index contributed by atoms with van der Waals surface area (Å²) in [5.74, 6) is 3.48. The summed E-state index contributed by atoms with van der Waals surface area (Å²) in [6, 6.07) is 0. The minimum Gasteiger partial charge on any atom is -0.375 e. The van der Waals surface area contributed by atoms with Crippen LogP contribution in [0.2, 0.25) is 0 Å². The second-order valence-electron chi connectivity index (χ2n) is 4.89. The first kappa shape index (κ1) is 11.5. The van der Waals surface area contributed by atoms with E-state index in [9.17, 15) is 4.79 Å². The van der Waals surface area contributed by atoms with E-state index >= 15 is 0 Å². The molecule has 5 atom stereocenters. The van der Waals surface area contributed by atoms with Gasteiger partial charge in [0.15, 0.2) is 0 Å². The van der Waals surface area contributed by atoms with Crippen LogP contribution in [-0.2, 0) is 9.53 Å². The number of Topliss-reactive ketones (excluding diaryl/α,β-unsaturated/α-hetero) is 1. The van der Waals surface area contributed by atoms with Gasteiger partial charge in [0, 0.05) is 17.6 Å². The Labute approximate surface area is 96.1 Å². The van der Waals surface area contributed by atoms with Crippen molar-refractivity contribution in [2.45, 2.75) is 39.4 Å². The molecule has 2 aliphatic heterocycles. The summed E-state index contributed by atoms with van der Waals surface area (Å²) < 4.78 is 5.74. The zero-order valence-electron chi connectivity index (χ0n) is 9.73. The molecule has 0 saturated carbocycles. The Balaban J connectivity index is 2.05. The lowest BCUT2D eigenvalue weighted by Crippen LogP contribution is -2.32. The first-order valence-electron chi connectivity index (χ1n) is 5.88. The highest BCUT2D eigenvalue weighted by Crippen LogP contribution is 2.37. The normalized spacial score (nSPS) is 45.9. The maximum atomic E-state index is 12.3. The van der Waals surface area contributed by atoms with Gasteiger partial charge in [-0.25, -0.2) is 0 Å². The van der Waals surface area contributed by atoms with E-state index < -0.39 is 0 Å². The number of ether oxygens (including phenoxy) is 1. The summed E-state index contributed by atoms with van der Waals surface area (Å²) in [5, 5.41) is 0. The molecular formula is C12H20O2S. The van der Waals surface area contributed by atoms with E-state index in [-0.39, 0.29) is 18.1 Å². The second-order valence-corrected chi connectivity index (χ2v) is 6.04. The predicted molar refractivity (Wildman–Crippen MR) is 63.1 cm³/mol. The summed E-state index contributed by atoms with van der Waals surface area (Å²) in [5.41, 5.74) is 0. The molecule has 0 amide bonds. The van der Waals surface area contributed by atoms with Gasteiger partial charge in [-0.05, 0) is 31.9 Å². The van der Waals surface area contributed by atoms with Crippen molar-refractivity contribution in [3.8, 4) is 0 Å². The quantitative estimate of drug-likeness (QED) is 0.726. The van der Waals surface area contributed by atoms with Crippen molar-refractivity contribution in [3.63, 3.8) is 0 Å². The minimum absolute atomic E-state index is 0.119. The van der Waals surface area contributed by atoms with Crippen molar-refractivity contribution in [3.05, 3.63) is 0 Å². The number of hydrogen-bond acceptors (Lipinski definition) is 3. The van der Waals surface area contributed by atoms with Crippen LogP contribution in [0.25, 0.3) is 0 Å². The summed E-state index contributed by atoms with van der Waals surface area (Å²) in [7, 11) is 0. The van der Waals surface area contributed by atoms with Gasteiger partial charge in [-0.2, -0.15) is 11.8 Å². The van der Waals surface area contributed by atoms with Crippen molar-refractivity contribution in [2.75, 3.05) is 11.5 Å².